The van der Waals surface area contributed by atoms with Crippen LogP contribution in [0.2, 0.25) is 0 Å². The summed E-state index contributed by atoms with van der Waals surface area (Å²) in [6.07, 6.45) is -2.76. The van der Waals surface area contributed by atoms with Gasteiger partial charge in [0.05, 0.1) is 22.9 Å². The first-order chi connectivity index (χ1) is 14.8. The topological polar surface area (TPSA) is 64.1 Å². The van der Waals surface area contributed by atoms with E-state index in [4.69, 9.17) is 4.74 Å². The molecule has 9 heteroatoms. The molecule has 2 aromatic heterocycles. The van der Waals surface area contributed by atoms with Crippen molar-refractivity contribution in [2.75, 3.05) is 7.11 Å². The Labute approximate surface area is 179 Å². The summed E-state index contributed by atoms with van der Waals surface area (Å²) in [5.41, 5.74) is 1.60. The van der Waals surface area contributed by atoms with E-state index < -0.39 is 11.7 Å². The first-order valence-corrected chi connectivity index (χ1v) is 10.0. The third-order valence-electron chi connectivity index (χ3n) is 4.55. The molecule has 4 aromatic rings. The van der Waals surface area contributed by atoms with E-state index in [0.29, 0.717) is 17.0 Å². The number of hydrogen-bond donors (Lipinski definition) is 1. The number of nitrogens with zero attached hydrogens (tertiary/aromatic N) is 2. The summed E-state index contributed by atoms with van der Waals surface area (Å²) >= 11 is 1.42. The molecule has 158 valence electrons. The van der Waals surface area contributed by atoms with E-state index in [1.807, 2.05) is 6.07 Å². The Hall–Kier alpha value is -3.46. The van der Waals surface area contributed by atoms with E-state index in [-0.39, 0.29) is 12.5 Å². The van der Waals surface area contributed by atoms with E-state index >= 15 is 0 Å². The number of halogens is 3. The van der Waals surface area contributed by atoms with Crippen molar-refractivity contribution in [2.24, 2.45) is 0 Å². The van der Waals surface area contributed by atoms with Crippen LogP contribution in [0.15, 0.2) is 60.8 Å². The van der Waals surface area contributed by atoms with Gasteiger partial charge in [-0.25, -0.2) is 9.97 Å². The molecule has 0 aliphatic rings. The molecule has 2 heterocycles. The Kier molecular flexibility index (Phi) is 5.60. The van der Waals surface area contributed by atoms with Gasteiger partial charge in [-0.15, -0.1) is 11.3 Å². The Morgan fingerprint density at radius 1 is 1.13 bits per heavy atom. The second-order valence-corrected chi connectivity index (χ2v) is 7.70. The smallest absolute Gasteiger partial charge is 0.416 e. The zero-order chi connectivity index (χ0) is 22.0. The van der Waals surface area contributed by atoms with Crippen molar-refractivity contribution in [3.63, 3.8) is 0 Å². The van der Waals surface area contributed by atoms with Crippen molar-refractivity contribution in [3.8, 4) is 16.5 Å². The number of ether oxygens (including phenoxy) is 1. The van der Waals surface area contributed by atoms with Gasteiger partial charge in [0, 0.05) is 29.9 Å². The maximum Gasteiger partial charge on any atom is 0.416 e. The van der Waals surface area contributed by atoms with Crippen LogP contribution in [-0.4, -0.2) is 23.0 Å². The number of rotatable bonds is 5. The fourth-order valence-corrected chi connectivity index (χ4v) is 3.95. The maximum absolute atomic E-state index is 12.8. The third kappa shape index (κ3) is 4.66. The SMILES string of the molecule is COc1ccc(-c2nc3ccc(C(=O)NCc4cccc(C(F)(F)F)c4)cc3s2)cn1. The molecule has 5 nitrogen and oxygen atoms in total. The summed E-state index contributed by atoms with van der Waals surface area (Å²) in [7, 11) is 1.54. The number of carbonyl (C=O) groups is 1. The van der Waals surface area contributed by atoms with Crippen LogP contribution < -0.4 is 10.1 Å². The lowest BCUT2D eigenvalue weighted by molar-refractivity contribution is -0.137. The lowest BCUT2D eigenvalue weighted by atomic mass is 10.1. The molecule has 0 atom stereocenters. The van der Waals surface area contributed by atoms with Gasteiger partial charge in [-0.2, -0.15) is 13.2 Å². The predicted molar refractivity (Wildman–Crippen MR) is 112 cm³/mol. The van der Waals surface area contributed by atoms with E-state index in [9.17, 15) is 18.0 Å². The first-order valence-electron chi connectivity index (χ1n) is 9.19. The number of benzene rings is 2. The monoisotopic (exact) mass is 443 g/mol. The van der Waals surface area contributed by atoms with Gasteiger partial charge in [-0.05, 0) is 42.0 Å². The minimum Gasteiger partial charge on any atom is -0.481 e. The highest BCUT2D eigenvalue weighted by Gasteiger charge is 2.30. The van der Waals surface area contributed by atoms with Crippen molar-refractivity contribution in [3.05, 3.63) is 77.5 Å². The second-order valence-electron chi connectivity index (χ2n) is 6.67. The highest BCUT2D eigenvalue weighted by Crippen LogP contribution is 2.31. The normalized spacial score (nSPS) is 11.5. The molecule has 0 fully saturated rings. The summed E-state index contributed by atoms with van der Waals surface area (Å²) in [6, 6.07) is 13.6. The predicted octanol–water partition coefficient (Wildman–Crippen LogP) is 5.32. The number of nitrogens with one attached hydrogen (secondary N) is 1. The molecule has 1 amide bonds. The van der Waals surface area contributed by atoms with Gasteiger partial charge in [0.25, 0.3) is 5.91 Å². The van der Waals surface area contributed by atoms with Crippen LogP contribution in [0, 0.1) is 0 Å². The molecule has 4 rings (SSSR count). The number of fused-ring (bicyclic) bond motifs is 1. The molecule has 0 saturated carbocycles. The fourth-order valence-electron chi connectivity index (χ4n) is 2.96. The van der Waals surface area contributed by atoms with Crippen LogP contribution in [0.5, 0.6) is 5.88 Å². The zero-order valence-corrected chi connectivity index (χ0v) is 17.1. The fraction of sp³-hybridized carbons (Fsp3) is 0.136. The van der Waals surface area contributed by atoms with Crippen LogP contribution in [-0.2, 0) is 12.7 Å². The van der Waals surface area contributed by atoms with Crippen molar-refractivity contribution >= 4 is 27.5 Å². The average Bonchev–Trinajstić information content (AvgIpc) is 3.20. The number of amides is 1. The average molecular weight is 443 g/mol. The molecule has 0 bridgehead atoms. The van der Waals surface area contributed by atoms with E-state index in [2.05, 4.69) is 15.3 Å². The number of alkyl halides is 3. The van der Waals surface area contributed by atoms with Gasteiger partial charge in [0.15, 0.2) is 0 Å². The standard InChI is InChI=1S/C22H16F3N3O2S/c1-30-19-8-6-15(12-26-19)21-28-17-7-5-14(10-18(17)31-21)20(29)27-11-13-3-2-4-16(9-13)22(23,24)25/h2-10,12H,11H2,1H3,(H,27,29). The Bertz CT molecular complexity index is 1240. The lowest BCUT2D eigenvalue weighted by Crippen LogP contribution is -2.22. The number of pyridine rings is 1. The second kappa shape index (κ2) is 8.35. The quantitative estimate of drug-likeness (QED) is 0.454. The minimum atomic E-state index is -4.42. The summed E-state index contributed by atoms with van der Waals surface area (Å²) in [5.74, 6) is 0.130. The number of thiazole rings is 1. The molecule has 0 aliphatic heterocycles. The van der Waals surface area contributed by atoms with Crippen LogP contribution in [0.3, 0.4) is 0 Å². The minimum absolute atomic E-state index is 0.00769. The van der Waals surface area contributed by atoms with Gasteiger partial charge in [0.2, 0.25) is 5.88 Å². The number of hydrogen-bond acceptors (Lipinski definition) is 5. The molecule has 0 saturated heterocycles. The maximum atomic E-state index is 12.8. The number of methoxy groups -OCH3 is 1. The van der Waals surface area contributed by atoms with Crippen LogP contribution in [0.25, 0.3) is 20.8 Å². The third-order valence-corrected chi connectivity index (χ3v) is 5.62. The summed E-state index contributed by atoms with van der Waals surface area (Å²) in [6.45, 7) is -0.00769. The van der Waals surface area contributed by atoms with Crippen molar-refractivity contribution in [1.82, 2.24) is 15.3 Å². The summed E-state index contributed by atoms with van der Waals surface area (Å²) in [4.78, 5) is 21.3. The van der Waals surface area contributed by atoms with Gasteiger partial charge in [-0.3, -0.25) is 4.79 Å². The number of aromatic nitrogens is 2. The highest BCUT2D eigenvalue weighted by atomic mass is 32.1. The summed E-state index contributed by atoms with van der Waals surface area (Å²) in [5, 5.41) is 3.42. The Morgan fingerprint density at radius 2 is 1.97 bits per heavy atom. The van der Waals surface area contributed by atoms with Crippen LogP contribution in [0.4, 0.5) is 13.2 Å². The Morgan fingerprint density at radius 3 is 2.68 bits per heavy atom. The van der Waals surface area contributed by atoms with Crippen molar-refractivity contribution in [1.29, 1.82) is 0 Å². The van der Waals surface area contributed by atoms with Crippen molar-refractivity contribution < 1.29 is 22.7 Å². The van der Waals surface area contributed by atoms with E-state index in [1.165, 1.54) is 23.5 Å². The molecule has 0 spiro atoms. The number of carbonyl (C=O) groups excluding carboxylic acids is 1. The zero-order valence-electron chi connectivity index (χ0n) is 16.2. The van der Waals surface area contributed by atoms with Crippen LogP contribution >= 0.6 is 11.3 Å². The Balaban J connectivity index is 1.49. The molecule has 1 N–H and O–H groups in total. The molecule has 2 aromatic carbocycles. The van der Waals surface area contributed by atoms with E-state index in [1.54, 1.807) is 37.6 Å². The van der Waals surface area contributed by atoms with Crippen molar-refractivity contribution in [2.45, 2.75) is 12.7 Å². The lowest BCUT2D eigenvalue weighted by Gasteiger charge is -2.09. The largest absolute Gasteiger partial charge is 0.481 e. The van der Waals surface area contributed by atoms with E-state index in [0.717, 1.165) is 32.9 Å². The molecule has 31 heavy (non-hydrogen) atoms. The van der Waals surface area contributed by atoms with Crippen LogP contribution in [0.1, 0.15) is 21.5 Å². The molecular weight excluding hydrogens is 427 g/mol. The molecule has 0 unspecified atom stereocenters. The summed E-state index contributed by atoms with van der Waals surface area (Å²) < 4.78 is 44.4. The molecule has 0 radical (unpaired) electrons. The van der Waals surface area contributed by atoms with Gasteiger partial charge in [-0.1, -0.05) is 12.1 Å². The molecular formula is C22H16F3N3O2S. The van der Waals surface area contributed by atoms with Gasteiger partial charge < -0.3 is 10.1 Å². The highest BCUT2D eigenvalue weighted by molar-refractivity contribution is 7.21. The molecule has 0 aliphatic carbocycles. The first kappa shape index (κ1) is 20.8. The van der Waals surface area contributed by atoms with Gasteiger partial charge in [0.1, 0.15) is 5.01 Å². The van der Waals surface area contributed by atoms with Gasteiger partial charge >= 0.3 is 6.18 Å².